The third-order valence-electron chi connectivity index (χ3n) is 3.56. The molecule has 0 aliphatic carbocycles. The number of nitrogens with zero attached hydrogens (tertiary/aromatic N) is 2. The minimum absolute atomic E-state index is 0.441. The van der Waals surface area contributed by atoms with Crippen molar-refractivity contribution in [3.63, 3.8) is 0 Å². The van der Waals surface area contributed by atoms with E-state index in [1.807, 2.05) is 67.6 Å². The molecule has 22 heavy (non-hydrogen) atoms. The Balaban J connectivity index is 2.16. The summed E-state index contributed by atoms with van der Waals surface area (Å²) in [6, 6.07) is 20.0. The van der Waals surface area contributed by atoms with Crippen LogP contribution in [-0.2, 0) is 4.74 Å². The van der Waals surface area contributed by atoms with E-state index in [4.69, 9.17) is 17.0 Å². The van der Waals surface area contributed by atoms with Crippen LogP contribution in [0.15, 0.2) is 71.4 Å². The van der Waals surface area contributed by atoms with E-state index in [0.717, 1.165) is 28.4 Å². The first-order valence-electron chi connectivity index (χ1n) is 6.98. The lowest BCUT2D eigenvalue weighted by Gasteiger charge is -2.18. The van der Waals surface area contributed by atoms with E-state index in [-0.39, 0.29) is 0 Å². The molecule has 0 atom stereocenters. The molecule has 1 heterocycles. The molecule has 1 aliphatic rings. The molecule has 0 saturated carbocycles. The monoisotopic (exact) mass is 307 g/mol. The molecule has 0 spiro atoms. The molecule has 0 amide bonds. The maximum Gasteiger partial charge on any atom is 0.293 e. The van der Waals surface area contributed by atoms with Crippen molar-refractivity contribution in [1.82, 2.24) is 0 Å². The Labute approximate surface area is 134 Å². The fourth-order valence-electron chi connectivity index (χ4n) is 2.45. The number of rotatable bonds is 3. The van der Waals surface area contributed by atoms with Crippen molar-refractivity contribution < 1.29 is 9.31 Å². The Kier molecular flexibility index (Phi) is 4.24. The van der Waals surface area contributed by atoms with E-state index in [1.54, 1.807) is 0 Å². The highest BCUT2D eigenvalue weighted by Crippen LogP contribution is 2.27. The zero-order valence-corrected chi connectivity index (χ0v) is 13.0. The summed E-state index contributed by atoms with van der Waals surface area (Å²) in [6.07, 6.45) is 0. The minimum atomic E-state index is 0.441. The number of thiocarbonyl (C=S) groups is 1. The molecule has 0 fully saturated rings. The van der Waals surface area contributed by atoms with Gasteiger partial charge in [0.2, 0.25) is 11.4 Å². The summed E-state index contributed by atoms with van der Waals surface area (Å²) in [7, 11) is 0. The number of hydrogen-bond donors (Lipinski definition) is 0. The van der Waals surface area contributed by atoms with Crippen LogP contribution in [0.2, 0.25) is 0 Å². The van der Waals surface area contributed by atoms with Crippen LogP contribution < -0.4 is 0 Å². The van der Waals surface area contributed by atoms with Crippen LogP contribution in [0.3, 0.4) is 0 Å². The van der Waals surface area contributed by atoms with Gasteiger partial charge in [0, 0.05) is 24.6 Å². The normalized spacial score (nSPS) is 14.4. The second-order valence-electron chi connectivity index (χ2n) is 4.87. The van der Waals surface area contributed by atoms with Crippen LogP contribution in [-0.4, -0.2) is 22.2 Å². The molecule has 0 N–H and O–H groups in total. The van der Waals surface area contributed by atoms with Gasteiger partial charge in [-0.25, -0.2) is 0 Å². The van der Waals surface area contributed by atoms with E-state index in [1.165, 1.54) is 0 Å². The number of hydrogen-bond acceptors (Lipinski definition) is 3. The van der Waals surface area contributed by atoms with E-state index >= 15 is 0 Å². The van der Waals surface area contributed by atoms with Crippen LogP contribution in [0.5, 0.6) is 0 Å². The molecule has 3 nitrogen and oxygen atoms in total. The number of ether oxygens (including phenoxy) is 1. The van der Waals surface area contributed by atoms with Crippen molar-refractivity contribution in [3.8, 4) is 0 Å². The van der Waals surface area contributed by atoms with Gasteiger partial charge in [-0.05, 0) is 12.2 Å². The first-order chi connectivity index (χ1) is 10.8. The maximum absolute atomic E-state index is 5.97. The van der Waals surface area contributed by atoms with Gasteiger partial charge in [-0.2, -0.15) is 9.57 Å². The predicted octanol–water partition coefficient (Wildman–Crippen LogP) is 4.25. The van der Waals surface area contributed by atoms with Gasteiger partial charge in [-0.1, -0.05) is 48.5 Å². The van der Waals surface area contributed by atoms with Crippen molar-refractivity contribution in [2.75, 3.05) is 6.73 Å². The summed E-state index contributed by atoms with van der Waals surface area (Å²) in [5.41, 5.74) is 3.76. The quantitative estimate of drug-likeness (QED) is 0.481. The van der Waals surface area contributed by atoms with Gasteiger partial charge >= 0.3 is 0 Å². The van der Waals surface area contributed by atoms with Crippen molar-refractivity contribution in [2.45, 2.75) is 6.92 Å². The third kappa shape index (κ3) is 2.75. The fourth-order valence-corrected chi connectivity index (χ4v) is 2.54. The Hall–Kier alpha value is -2.55. The molecule has 0 unspecified atom stereocenters. The van der Waals surface area contributed by atoms with Crippen molar-refractivity contribution in [1.29, 1.82) is 0 Å². The third-order valence-corrected chi connectivity index (χ3v) is 3.65. The average molecular weight is 307 g/mol. The Morgan fingerprint density at radius 2 is 1.68 bits per heavy atom. The smallest absolute Gasteiger partial charge is 0.293 e. The van der Waals surface area contributed by atoms with Crippen LogP contribution in [0.25, 0.3) is 5.76 Å². The number of aliphatic imine (C=N–C) groups is 1. The molecule has 0 bridgehead atoms. The molecule has 3 rings (SSSR count). The lowest BCUT2D eigenvalue weighted by molar-refractivity contribution is -0.485. The van der Waals surface area contributed by atoms with Gasteiger partial charge in [-0.3, -0.25) is 0 Å². The standard InChI is InChI=1S/C18H15N2OS/c1-14-17(19-12-22)18(15-8-4-2-5-9-15)21-13-20(14)16-10-6-3-7-11-16/h2-11H,13H2,1H3/q+1. The topological polar surface area (TPSA) is 24.6 Å². The Morgan fingerprint density at radius 1 is 1.05 bits per heavy atom. The van der Waals surface area contributed by atoms with Gasteiger partial charge in [0.05, 0.1) is 5.16 Å². The Bertz CT molecular complexity index is 788. The summed E-state index contributed by atoms with van der Waals surface area (Å²) in [4.78, 5) is 4.24. The highest BCUT2D eigenvalue weighted by molar-refractivity contribution is 7.78. The summed E-state index contributed by atoms with van der Waals surface area (Å²) in [5.74, 6) is 0.739. The molecule has 0 saturated heterocycles. The number of allylic oxidation sites excluding steroid dienone is 1. The van der Waals surface area contributed by atoms with Gasteiger partial charge < -0.3 is 4.74 Å². The fraction of sp³-hybridized carbons (Fsp3) is 0.111. The average Bonchev–Trinajstić information content (AvgIpc) is 2.58. The highest BCUT2D eigenvalue weighted by atomic mass is 32.1. The van der Waals surface area contributed by atoms with Gasteiger partial charge in [0.25, 0.3) is 6.73 Å². The first-order valence-corrected chi connectivity index (χ1v) is 7.39. The molecule has 1 aliphatic heterocycles. The number of benzene rings is 2. The van der Waals surface area contributed by atoms with Crippen molar-refractivity contribution in [2.24, 2.45) is 4.99 Å². The highest BCUT2D eigenvalue weighted by Gasteiger charge is 2.28. The van der Waals surface area contributed by atoms with E-state index in [0.29, 0.717) is 6.73 Å². The summed E-state index contributed by atoms with van der Waals surface area (Å²) < 4.78 is 8.04. The van der Waals surface area contributed by atoms with Crippen LogP contribution >= 0.6 is 12.2 Å². The van der Waals surface area contributed by atoms with Crippen molar-refractivity contribution in [3.05, 3.63) is 71.9 Å². The molecule has 0 aromatic heterocycles. The van der Waals surface area contributed by atoms with Gasteiger partial charge in [-0.15, -0.1) is 0 Å². The molecule has 2 aromatic carbocycles. The van der Waals surface area contributed by atoms with Gasteiger partial charge in [0.15, 0.2) is 11.5 Å². The lowest BCUT2D eigenvalue weighted by atomic mass is 10.1. The second kappa shape index (κ2) is 6.48. The lowest BCUT2D eigenvalue weighted by Crippen LogP contribution is -2.25. The zero-order chi connectivity index (χ0) is 15.4. The molecule has 2 aromatic rings. The van der Waals surface area contributed by atoms with Gasteiger partial charge in [0.1, 0.15) is 0 Å². The zero-order valence-electron chi connectivity index (χ0n) is 12.2. The van der Waals surface area contributed by atoms with E-state index in [2.05, 4.69) is 14.7 Å². The molecular formula is C18H15N2OS+. The SMILES string of the molecule is CC1=[N+](c2ccccc2)COC(c2ccccc2)=C1N=C=S. The summed E-state index contributed by atoms with van der Waals surface area (Å²) in [6.45, 7) is 2.46. The van der Waals surface area contributed by atoms with Crippen LogP contribution in [0.1, 0.15) is 12.5 Å². The van der Waals surface area contributed by atoms with Crippen LogP contribution in [0, 0.1) is 0 Å². The Morgan fingerprint density at radius 3 is 2.32 bits per heavy atom. The van der Waals surface area contributed by atoms with E-state index in [9.17, 15) is 0 Å². The van der Waals surface area contributed by atoms with Crippen molar-refractivity contribution >= 4 is 34.5 Å². The maximum atomic E-state index is 5.97. The predicted molar refractivity (Wildman–Crippen MR) is 91.4 cm³/mol. The largest absolute Gasteiger partial charge is 0.433 e. The molecule has 4 heteroatoms. The molecular weight excluding hydrogens is 292 g/mol. The van der Waals surface area contributed by atoms with E-state index < -0.39 is 0 Å². The number of isothiocyanates is 1. The van der Waals surface area contributed by atoms with Crippen LogP contribution in [0.4, 0.5) is 5.69 Å². The summed E-state index contributed by atoms with van der Waals surface area (Å²) >= 11 is 4.81. The molecule has 108 valence electrons. The summed E-state index contributed by atoms with van der Waals surface area (Å²) in [5, 5.41) is 2.46. The number of para-hydroxylation sites is 1. The molecule has 0 radical (unpaired) electrons. The second-order valence-corrected chi connectivity index (χ2v) is 5.05. The first kappa shape index (κ1) is 14.4. The minimum Gasteiger partial charge on any atom is -0.433 e.